The summed E-state index contributed by atoms with van der Waals surface area (Å²) in [5, 5.41) is 9.46. The minimum absolute atomic E-state index is 0.0117. The van der Waals surface area contributed by atoms with Crippen molar-refractivity contribution in [3.05, 3.63) is 52.3 Å². The summed E-state index contributed by atoms with van der Waals surface area (Å²) in [5.41, 5.74) is 1.96. The Morgan fingerprint density at radius 1 is 1.43 bits per heavy atom. The minimum atomic E-state index is -0.951. The van der Waals surface area contributed by atoms with Gasteiger partial charge in [-0.15, -0.1) is 0 Å². The van der Waals surface area contributed by atoms with Crippen LogP contribution in [0.1, 0.15) is 47.3 Å². The Bertz CT molecular complexity index is 745. The fourth-order valence-corrected chi connectivity index (χ4v) is 2.81. The molecule has 3 rings (SSSR count). The van der Waals surface area contributed by atoms with E-state index in [0.29, 0.717) is 6.42 Å². The van der Waals surface area contributed by atoms with Gasteiger partial charge in [0, 0.05) is 24.1 Å². The van der Waals surface area contributed by atoms with E-state index in [2.05, 4.69) is 15.5 Å². The van der Waals surface area contributed by atoms with Crippen LogP contribution in [-0.2, 0) is 17.7 Å². The van der Waals surface area contributed by atoms with Crippen molar-refractivity contribution in [2.75, 3.05) is 0 Å². The molecule has 2 atom stereocenters. The number of hydrogen-bond acceptors (Lipinski definition) is 3. The molecule has 0 spiro atoms. The summed E-state index contributed by atoms with van der Waals surface area (Å²) in [4.78, 5) is 12.3. The number of H-pyrrole nitrogens is 1. The smallest absolute Gasteiger partial charge is 0.272 e. The molecule has 1 amide bonds. The zero-order chi connectivity index (χ0) is 16.6. The van der Waals surface area contributed by atoms with Gasteiger partial charge < -0.3 is 10.1 Å². The van der Waals surface area contributed by atoms with Gasteiger partial charge in [-0.05, 0) is 19.9 Å². The second-order valence-corrected chi connectivity index (χ2v) is 5.65. The van der Waals surface area contributed by atoms with Crippen molar-refractivity contribution in [3.63, 3.8) is 0 Å². The molecule has 1 aromatic carbocycles. The lowest BCUT2D eigenvalue weighted by Gasteiger charge is -2.25. The van der Waals surface area contributed by atoms with Gasteiger partial charge in [0.15, 0.2) is 17.3 Å². The van der Waals surface area contributed by atoms with E-state index in [1.807, 2.05) is 13.8 Å². The molecule has 0 aliphatic carbocycles. The monoisotopic (exact) mass is 321 g/mol. The van der Waals surface area contributed by atoms with Crippen molar-refractivity contribution < 1.29 is 18.3 Å². The van der Waals surface area contributed by atoms with Gasteiger partial charge in [-0.25, -0.2) is 8.78 Å². The summed E-state index contributed by atoms with van der Waals surface area (Å²) in [7, 11) is 0. The Kier molecular flexibility index (Phi) is 4.12. The fraction of sp³-hybridized carbons (Fsp3) is 0.375. The van der Waals surface area contributed by atoms with Crippen LogP contribution in [0.15, 0.2) is 18.2 Å². The summed E-state index contributed by atoms with van der Waals surface area (Å²) < 4.78 is 32.4. The van der Waals surface area contributed by atoms with Gasteiger partial charge in [-0.2, -0.15) is 5.10 Å². The molecule has 2 N–H and O–H groups in total. The first-order valence-corrected chi connectivity index (χ1v) is 7.41. The predicted octanol–water partition coefficient (Wildman–Crippen LogP) is 2.64. The lowest BCUT2D eigenvalue weighted by atomic mass is 9.99. The topological polar surface area (TPSA) is 67.0 Å². The summed E-state index contributed by atoms with van der Waals surface area (Å²) >= 11 is 0. The molecule has 0 fully saturated rings. The number of hydrogen-bond donors (Lipinski definition) is 2. The number of aromatic amines is 1. The standard InChI is InChI=1S/C16H17F2N3O2/c1-8-6-11-14(9(2)23-8)20-21-15(11)16(22)19-7-10-4-3-5-12(17)13(10)18/h3-5,8-9H,6-7H2,1-2H3,(H,19,22)(H,20,21)/t8-,9+/m1/s1. The summed E-state index contributed by atoms with van der Waals surface area (Å²) in [5.74, 6) is -2.31. The van der Waals surface area contributed by atoms with E-state index in [-0.39, 0.29) is 30.0 Å². The third kappa shape index (κ3) is 2.96. The van der Waals surface area contributed by atoms with Crippen LogP contribution in [0.5, 0.6) is 0 Å². The van der Waals surface area contributed by atoms with Gasteiger partial charge in [0.05, 0.1) is 17.9 Å². The predicted molar refractivity (Wildman–Crippen MR) is 78.8 cm³/mol. The molecule has 0 radical (unpaired) electrons. The van der Waals surface area contributed by atoms with Crippen molar-refractivity contribution in [2.24, 2.45) is 0 Å². The summed E-state index contributed by atoms with van der Waals surface area (Å²) in [6.45, 7) is 3.71. The maximum Gasteiger partial charge on any atom is 0.272 e. The summed E-state index contributed by atoms with van der Waals surface area (Å²) in [6, 6.07) is 3.86. The van der Waals surface area contributed by atoms with Gasteiger partial charge in [0.1, 0.15) is 0 Å². The number of benzene rings is 1. The second kappa shape index (κ2) is 6.08. The Hall–Kier alpha value is -2.28. The highest BCUT2D eigenvalue weighted by Gasteiger charge is 2.29. The fourth-order valence-electron chi connectivity index (χ4n) is 2.81. The van der Waals surface area contributed by atoms with E-state index in [0.717, 1.165) is 17.3 Å². The van der Waals surface area contributed by atoms with Gasteiger partial charge in [-0.3, -0.25) is 9.89 Å². The van der Waals surface area contributed by atoms with Crippen LogP contribution in [0, 0.1) is 11.6 Å². The van der Waals surface area contributed by atoms with Gasteiger partial charge in [0.25, 0.3) is 5.91 Å². The lowest BCUT2D eigenvalue weighted by Crippen LogP contribution is -2.27. The molecule has 1 aliphatic rings. The number of amides is 1. The van der Waals surface area contributed by atoms with Crippen LogP contribution in [0.2, 0.25) is 0 Å². The van der Waals surface area contributed by atoms with Crippen molar-refractivity contribution in [3.8, 4) is 0 Å². The van der Waals surface area contributed by atoms with Crippen LogP contribution in [0.3, 0.4) is 0 Å². The zero-order valence-electron chi connectivity index (χ0n) is 12.8. The van der Waals surface area contributed by atoms with Crippen LogP contribution in [-0.4, -0.2) is 22.2 Å². The number of carbonyl (C=O) groups is 1. The quantitative estimate of drug-likeness (QED) is 0.913. The zero-order valence-corrected chi connectivity index (χ0v) is 12.8. The molecular weight excluding hydrogens is 304 g/mol. The van der Waals surface area contributed by atoms with E-state index in [9.17, 15) is 13.6 Å². The normalized spacial score (nSPS) is 20.2. The Labute approximate surface area is 132 Å². The molecule has 2 heterocycles. The number of nitrogens with zero attached hydrogens (tertiary/aromatic N) is 1. The minimum Gasteiger partial charge on any atom is -0.369 e. The largest absolute Gasteiger partial charge is 0.369 e. The number of halogens is 2. The number of ether oxygens (including phenoxy) is 1. The highest BCUT2D eigenvalue weighted by molar-refractivity contribution is 5.94. The average molecular weight is 321 g/mol. The van der Waals surface area contributed by atoms with Crippen LogP contribution < -0.4 is 5.32 Å². The Morgan fingerprint density at radius 2 is 2.22 bits per heavy atom. The van der Waals surface area contributed by atoms with Gasteiger partial charge in [0.2, 0.25) is 0 Å². The first kappa shape index (κ1) is 15.6. The number of aromatic nitrogens is 2. The molecule has 0 bridgehead atoms. The Balaban J connectivity index is 1.76. The van der Waals surface area contributed by atoms with E-state index in [4.69, 9.17) is 4.74 Å². The Morgan fingerprint density at radius 3 is 3.00 bits per heavy atom. The van der Waals surface area contributed by atoms with Crippen molar-refractivity contribution in [1.29, 1.82) is 0 Å². The van der Waals surface area contributed by atoms with Gasteiger partial charge in [-0.1, -0.05) is 12.1 Å². The molecule has 0 saturated carbocycles. The molecule has 7 heteroatoms. The third-order valence-corrected chi connectivity index (χ3v) is 3.92. The maximum atomic E-state index is 13.6. The molecular formula is C16H17F2N3O2. The van der Waals surface area contributed by atoms with Crippen molar-refractivity contribution in [2.45, 2.75) is 39.0 Å². The second-order valence-electron chi connectivity index (χ2n) is 5.65. The number of nitrogens with one attached hydrogen (secondary N) is 2. The van der Waals surface area contributed by atoms with Crippen molar-refractivity contribution >= 4 is 5.91 Å². The van der Waals surface area contributed by atoms with E-state index in [1.165, 1.54) is 12.1 Å². The SMILES string of the molecule is C[C@@H]1Cc2c(C(=O)NCc3cccc(F)c3F)n[nH]c2[C@H](C)O1. The molecule has 1 aliphatic heterocycles. The van der Waals surface area contributed by atoms with E-state index < -0.39 is 17.5 Å². The first-order chi connectivity index (χ1) is 11.0. The maximum absolute atomic E-state index is 13.6. The highest BCUT2D eigenvalue weighted by Crippen LogP contribution is 2.30. The van der Waals surface area contributed by atoms with E-state index >= 15 is 0 Å². The number of rotatable bonds is 3. The number of carbonyl (C=O) groups excluding carboxylic acids is 1. The molecule has 5 nitrogen and oxygen atoms in total. The van der Waals surface area contributed by atoms with Gasteiger partial charge >= 0.3 is 0 Å². The third-order valence-electron chi connectivity index (χ3n) is 3.92. The van der Waals surface area contributed by atoms with Crippen LogP contribution >= 0.6 is 0 Å². The summed E-state index contributed by atoms with van der Waals surface area (Å²) in [6.07, 6.45) is 0.401. The average Bonchev–Trinajstić information content (AvgIpc) is 2.92. The highest BCUT2D eigenvalue weighted by atomic mass is 19.2. The number of fused-ring (bicyclic) bond motifs is 1. The molecule has 1 aromatic heterocycles. The van der Waals surface area contributed by atoms with Crippen molar-refractivity contribution in [1.82, 2.24) is 15.5 Å². The van der Waals surface area contributed by atoms with Crippen LogP contribution in [0.4, 0.5) is 8.78 Å². The van der Waals surface area contributed by atoms with E-state index in [1.54, 1.807) is 0 Å². The molecule has 2 aromatic rings. The molecule has 23 heavy (non-hydrogen) atoms. The van der Waals surface area contributed by atoms with Crippen LogP contribution in [0.25, 0.3) is 0 Å². The molecule has 0 unspecified atom stereocenters. The molecule has 0 saturated heterocycles. The lowest BCUT2D eigenvalue weighted by molar-refractivity contribution is -0.00697. The molecule has 122 valence electrons. The first-order valence-electron chi connectivity index (χ1n) is 7.41.